The number of esters is 1. The lowest BCUT2D eigenvalue weighted by molar-refractivity contribution is 0.0601. The summed E-state index contributed by atoms with van der Waals surface area (Å²) in [6, 6.07) is 33.8. The molecule has 36 heavy (non-hydrogen) atoms. The minimum Gasteiger partial charge on any atom is -0.465 e. The van der Waals surface area contributed by atoms with Gasteiger partial charge in [0.1, 0.15) is 5.54 Å². The molecular formula is C31H31ClN2O2. The van der Waals surface area contributed by atoms with Crippen LogP contribution in [0.25, 0.3) is 0 Å². The zero-order valence-corrected chi connectivity index (χ0v) is 21.8. The van der Waals surface area contributed by atoms with Crippen molar-refractivity contribution in [3.05, 3.63) is 136 Å². The quantitative estimate of drug-likeness (QED) is 0.154. The molecule has 0 heterocycles. The van der Waals surface area contributed by atoms with Crippen LogP contribution < -0.4 is 5.32 Å². The number of hydrogen-bond donors (Lipinski definition) is 2. The molecule has 0 saturated carbocycles. The molecule has 0 fully saturated rings. The van der Waals surface area contributed by atoms with Gasteiger partial charge in [-0.25, -0.2) is 4.79 Å². The van der Waals surface area contributed by atoms with E-state index in [2.05, 4.69) is 41.7 Å². The lowest BCUT2D eigenvalue weighted by atomic mass is 9.76. The van der Waals surface area contributed by atoms with Crippen LogP contribution in [0.5, 0.6) is 0 Å². The second-order valence-corrected chi connectivity index (χ2v) is 8.37. The monoisotopic (exact) mass is 498 g/mol. The fourth-order valence-corrected chi connectivity index (χ4v) is 4.48. The Morgan fingerprint density at radius 3 is 1.56 bits per heavy atom. The molecule has 4 nitrogen and oxygen atoms in total. The lowest BCUT2D eigenvalue weighted by Crippen LogP contribution is -2.38. The van der Waals surface area contributed by atoms with Gasteiger partial charge in [0.05, 0.1) is 17.7 Å². The summed E-state index contributed by atoms with van der Waals surface area (Å²) >= 11 is 6.54. The average molecular weight is 499 g/mol. The predicted octanol–water partition coefficient (Wildman–Crippen LogP) is 7.94. The van der Waals surface area contributed by atoms with Crippen LogP contribution in [0, 0.1) is 5.41 Å². The molecule has 2 N–H and O–H groups in total. The van der Waals surface area contributed by atoms with Crippen LogP contribution in [0.4, 0.5) is 5.69 Å². The first-order valence-electron chi connectivity index (χ1n) is 11.9. The molecule has 0 amide bonds. The summed E-state index contributed by atoms with van der Waals surface area (Å²) in [5.41, 5.74) is 4.01. The molecule has 4 aromatic carbocycles. The minimum absolute atomic E-state index is 0.223. The molecule has 0 spiro atoms. The molecule has 0 radical (unpaired) electrons. The van der Waals surface area contributed by atoms with Crippen molar-refractivity contribution in [2.75, 3.05) is 12.4 Å². The van der Waals surface area contributed by atoms with Crippen LogP contribution in [-0.4, -0.2) is 18.8 Å². The Hall–Kier alpha value is -3.89. The van der Waals surface area contributed by atoms with Crippen LogP contribution in [0.15, 0.2) is 103 Å². The third-order valence-electron chi connectivity index (χ3n) is 5.86. The third-order valence-corrected chi connectivity index (χ3v) is 6.17. The fourth-order valence-electron chi connectivity index (χ4n) is 4.24. The van der Waals surface area contributed by atoms with E-state index < -0.39 is 11.5 Å². The lowest BCUT2D eigenvalue weighted by Gasteiger charge is -2.38. The topological polar surface area (TPSA) is 62.2 Å². The molecule has 0 unspecified atom stereocenters. The van der Waals surface area contributed by atoms with Gasteiger partial charge in [0.25, 0.3) is 0 Å². The number of benzene rings is 4. The van der Waals surface area contributed by atoms with E-state index in [4.69, 9.17) is 21.7 Å². The highest BCUT2D eigenvalue weighted by molar-refractivity contribution is 6.34. The van der Waals surface area contributed by atoms with Gasteiger partial charge in [-0.1, -0.05) is 116 Å². The SMILES string of the molecule is CC.COC(=O)c1cc(C(C)=N)c(NC(c2ccccc2)(c2ccccc2)c2ccccc2)cc1Cl. The second-order valence-electron chi connectivity index (χ2n) is 7.97. The zero-order valence-electron chi connectivity index (χ0n) is 21.0. The first-order valence-corrected chi connectivity index (χ1v) is 12.3. The minimum atomic E-state index is -0.788. The van der Waals surface area contributed by atoms with Gasteiger partial charge in [0.15, 0.2) is 0 Å². The van der Waals surface area contributed by atoms with Crippen molar-refractivity contribution in [1.29, 1.82) is 5.41 Å². The molecule has 0 aliphatic carbocycles. The Kier molecular flexibility index (Phi) is 9.04. The molecule has 0 bridgehead atoms. The smallest absolute Gasteiger partial charge is 0.339 e. The number of carbonyl (C=O) groups is 1. The average Bonchev–Trinajstić information content (AvgIpc) is 2.93. The number of rotatable bonds is 7. The van der Waals surface area contributed by atoms with Crippen LogP contribution in [0.2, 0.25) is 5.02 Å². The zero-order chi connectivity index (χ0) is 26.1. The van der Waals surface area contributed by atoms with Gasteiger partial charge >= 0.3 is 5.97 Å². The van der Waals surface area contributed by atoms with Crippen molar-refractivity contribution in [2.45, 2.75) is 26.3 Å². The molecule has 4 aromatic rings. The molecule has 184 valence electrons. The number of halogens is 1. The second kappa shape index (κ2) is 12.2. The number of ether oxygens (including phenoxy) is 1. The number of anilines is 1. The third kappa shape index (κ3) is 5.34. The van der Waals surface area contributed by atoms with Gasteiger partial charge in [-0.05, 0) is 35.7 Å². The van der Waals surface area contributed by atoms with E-state index in [0.29, 0.717) is 17.0 Å². The van der Waals surface area contributed by atoms with E-state index in [9.17, 15) is 4.79 Å². The first kappa shape index (κ1) is 26.7. The molecule has 0 aliphatic heterocycles. The van der Waals surface area contributed by atoms with E-state index >= 15 is 0 Å². The van der Waals surface area contributed by atoms with Gasteiger partial charge in [-0.3, -0.25) is 0 Å². The van der Waals surface area contributed by atoms with E-state index in [1.807, 2.05) is 68.4 Å². The van der Waals surface area contributed by atoms with Gasteiger partial charge in [-0.15, -0.1) is 0 Å². The Balaban J connectivity index is 0.00000176. The molecule has 0 saturated heterocycles. The van der Waals surface area contributed by atoms with Crippen LogP contribution >= 0.6 is 11.6 Å². The molecule has 0 aromatic heterocycles. The Labute approximate surface area is 218 Å². The summed E-state index contributed by atoms with van der Waals surface area (Å²) in [6.07, 6.45) is 0. The maximum absolute atomic E-state index is 12.3. The summed E-state index contributed by atoms with van der Waals surface area (Å²) in [5.74, 6) is -0.542. The number of nitrogens with one attached hydrogen (secondary N) is 2. The van der Waals surface area contributed by atoms with Gasteiger partial charge < -0.3 is 15.5 Å². The summed E-state index contributed by atoms with van der Waals surface area (Å²) in [4.78, 5) is 12.3. The Morgan fingerprint density at radius 1 is 0.778 bits per heavy atom. The maximum Gasteiger partial charge on any atom is 0.339 e. The van der Waals surface area contributed by atoms with Crippen LogP contribution in [-0.2, 0) is 10.3 Å². The highest BCUT2D eigenvalue weighted by Gasteiger charge is 2.37. The number of carbonyl (C=O) groups excluding carboxylic acids is 1. The Bertz CT molecular complexity index is 1210. The van der Waals surface area contributed by atoms with Crippen molar-refractivity contribution in [2.24, 2.45) is 0 Å². The highest BCUT2D eigenvalue weighted by atomic mass is 35.5. The largest absolute Gasteiger partial charge is 0.465 e. The van der Waals surface area contributed by atoms with Gasteiger partial charge in [-0.2, -0.15) is 0 Å². The molecule has 0 aliphatic rings. The first-order chi connectivity index (χ1) is 17.5. The van der Waals surface area contributed by atoms with E-state index in [0.717, 1.165) is 16.7 Å². The van der Waals surface area contributed by atoms with E-state index in [1.165, 1.54) is 7.11 Å². The summed E-state index contributed by atoms with van der Waals surface area (Å²) in [5, 5.41) is 12.4. The van der Waals surface area contributed by atoms with Crippen molar-refractivity contribution in [1.82, 2.24) is 0 Å². The predicted molar refractivity (Wildman–Crippen MR) is 149 cm³/mol. The molecular weight excluding hydrogens is 468 g/mol. The summed E-state index contributed by atoms with van der Waals surface area (Å²) in [7, 11) is 1.31. The summed E-state index contributed by atoms with van der Waals surface area (Å²) in [6.45, 7) is 5.69. The van der Waals surface area contributed by atoms with Crippen molar-refractivity contribution >= 4 is 29.0 Å². The number of methoxy groups -OCH3 is 1. The van der Waals surface area contributed by atoms with Gasteiger partial charge in [0, 0.05) is 17.0 Å². The van der Waals surface area contributed by atoms with Crippen LogP contribution in [0.1, 0.15) is 53.4 Å². The number of hydrogen-bond acceptors (Lipinski definition) is 4. The fraction of sp³-hybridized carbons (Fsp3) is 0.161. The highest BCUT2D eigenvalue weighted by Crippen LogP contribution is 2.41. The summed E-state index contributed by atoms with van der Waals surface area (Å²) < 4.78 is 4.89. The Morgan fingerprint density at radius 2 is 1.19 bits per heavy atom. The van der Waals surface area contributed by atoms with Crippen LogP contribution in [0.3, 0.4) is 0 Å². The van der Waals surface area contributed by atoms with Crippen molar-refractivity contribution < 1.29 is 9.53 Å². The normalized spacial score (nSPS) is 10.6. The molecule has 5 heteroatoms. The molecule has 0 atom stereocenters. The van der Waals surface area contributed by atoms with Crippen molar-refractivity contribution in [3.63, 3.8) is 0 Å². The van der Waals surface area contributed by atoms with Crippen molar-refractivity contribution in [3.8, 4) is 0 Å². The maximum atomic E-state index is 12.3. The molecule has 4 rings (SSSR count). The van der Waals surface area contributed by atoms with E-state index in [1.54, 1.807) is 19.1 Å². The van der Waals surface area contributed by atoms with E-state index in [-0.39, 0.29) is 10.6 Å². The van der Waals surface area contributed by atoms with Gasteiger partial charge in [0.2, 0.25) is 0 Å². The standard InChI is InChI=1S/C29H25ClN2O2.C2H6/c1-20(31)24-18-25(28(33)34-2)26(30)19-27(24)32-29(21-12-6-3-7-13-21,22-14-8-4-9-15-22)23-16-10-5-11-17-23;1-2/h3-19,31-32H,1-2H3;1-2H3.